The number of hydrogen-bond donors (Lipinski definition) is 1. The summed E-state index contributed by atoms with van der Waals surface area (Å²) >= 11 is 0. The maximum absolute atomic E-state index is 13.7. The molecule has 0 aromatic heterocycles. The molecule has 1 aliphatic heterocycles. The number of hydrazone groups is 1. The van der Waals surface area contributed by atoms with Crippen molar-refractivity contribution in [2.24, 2.45) is 16.9 Å². The molecule has 142 valence electrons. The summed E-state index contributed by atoms with van der Waals surface area (Å²) in [5, 5.41) is 14.8. The molecule has 26 heavy (non-hydrogen) atoms. The minimum Gasteiger partial charge on any atom is -0.362 e. The summed E-state index contributed by atoms with van der Waals surface area (Å²) in [6.07, 6.45) is -2.76. The number of aliphatic hydroxyl groups is 1. The van der Waals surface area contributed by atoms with Crippen molar-refractivity contribution in [2.75, 3.05) is 0 Å². The minimum atomic E-state index is -4.95. The lowest BCUT2D eigenvalue weighted by molar-refractivity contribution is -0.317. The van der Waals surface area contributed by atoms with Gasteiger partial charge in [-0.15, -0.1) is 0 Å². The van der Waals surface area contributed by atoms with Crippen LogP contribution in [0, 0.1) is 11.8 Å². The van der Waals surface area contributed by atoms with Crippen molar-refractivity contribution < 1.29 is 23.1 Å². The third-order valence-electron chi connectivity index (χ3n) is 5.32. The normalized spacial score (nSPS) is 28.7. The van der Waals surface area contributed by atoms with Crippen LogP contribution in [-0.4, -0.2) is 33.6 Å². The number of benzene rings is 1. The molecule has 0 saturated heterocycles. The number of alkyl halides is 3. The largest absolute Gasteiger partial charge is 0.439 e. The second-order valence-corrected chi connectivity index (χ2v) is 7.29. The summed E-state index contributed by atoms with van der Waals surface area (Å²) in [4.78, 5) is 12.5. The fraction of sp³-hybridized carbons (Fsp3) is 0.579. The Bertz CT molecular complexity index is 690. The zero-order chi connectivity index (χ0) is 18.9. The van der Waals surface area contributed by atoms with Crippen LogP contribution in [0.15, 0.2) is 35.4 Å². The average Bonchev–Trinajstić information content (AvgIpc) is 2.89. The van der Waals surface area contributed by atoms with E-state index < -0.39 is 23.7 Å². The molecule has 1 aromatic carbocycles. The van der Waals surface area contributed by atoms with Crippen LogP contribution in [0.4, 0.5) is 13.2 Å². The maximum atomic E-state index is 13.7. The molecule has 7 heteroatoms. The summed E-state index contributed by atoms with van der Waals surface area (Å²) in [5.74, 6) is -1.89. The van der Waals surface area contributed by atoms with E-state index in [0.29, 0.717) is 30.0 Å². The van der Waals surface area contributed by atoms with Crippen molar-refractivity contribution in [2.45, 2.75) is 57.3 Å². The SMILES string of the molecule is C[C@@H]1CCC2=NN(C(=O)CCCc3ccccc3)[C@@](O)(C(F)(F)F)[C@@H]2C1. The highest BCUT2D eigenvalue weighted by Gasteiger charge is 2.68. The van der Waals surface area contributed by atoms with Crippen molar-refractivity contribution in [1.29, 1.82) is 0 Å². The maximum Gasteiger partial charge on any atom is 0.439 e. The summed E-state index contributed by atoms with van der Waals surface area (Å²) in [6.45, 7) is 1.86. The molecule has 1 N–H and O–H groups in total. The number of fused-ring (bicyclic) bond motifs is 1. The Morgan fingerprint density at radius 3 is 2.69 bits per heavy atom. The Morgan fingerprint density at radius 1 is 1.35 bits per heavy atom. The molecular formula is C19H23F3N2O2. The molecular weight excluding hydrogens is 345 g/mol. The Kier molecular flexibility index (Phi) is 5.10. The monoisotopic (exact) mass is 368 g/mol. The standard InChI is InChI=1S/C19H23F3N2O2/c1-13-10-11-16-15(12-13)18(26,19(20,21)22)24(23-16)17(25)9-5-8-14-6-3-2-4-7-14/h2-4,6-7,13,15,26H,5,8-12H2,1H3/t13-,15-,18+/m1/s1. The highest BCUT2D eigenvalue weighted by atomic mass is 19.4. The molecule has 1 amide bonds. The van der Waals surface area contributed by atoms with E-state index in [9.17, 15) is 23.1 Å². The molecule has 1 heterocycles. The van der Waals surface area contributed by atoms with Crippen molar-refractivity contribution >= 4 is 11.6 Å². The Morgan fingerprint density at radius 2 is 2.04 bits per heavy atom. The Labute approximate surface area is 150 Å². The van der Waals surface area contributed by atoms with Crippen LogP contribution in [0.3, 0.4) is 0 Å². The molecule has 0 spiro atoms. The van der Waals surface area contributed by atoms with Crippen molar-refractivity contribution in [3.8, 4) is 0 Å². The number of carbonyl (C=O) groups is 1. The van der Waals surface area contributed by atoms with E-state index in [1.165, 1.54) is 0 Å². The number of carbonyl (C=O) groups excluding carboxylic acids is 1. The van der Waals surface area contributed by atoms with Crippen LogP contribution >= 0.6 is 0 Å². The number of nitrogens with zero attached hydrogens (tertiary/aromatic N) is 2. The predicted molar refractivity (Wildman–Crippen MR) is 91.2 cm³/mol. The minimum absolute atomic E-state index is 0.0564. The first-order chi connectivity index (χ1) is 12.2. The van der Waals surface area contributed by atoms with Gasteiger partial charge in [-0.1, -0.05) is 37.3 Å². The molecule has 0 unspecified atom stereocenters. The summed E-state index contributed by atoms with van der Waals surface area (Å²) in [5.41, 5.74) is -1.91. The highest BCUT2D eigenvalue weighted by Crippen LogP contribution is 2.49. The van der Waals surface area contributed by atoms with E-state index in [0.717, 1.165) is 12.0 Å². The summed E-state index contributed by atoms with van der Waals surface area (Å²) in [6, 6.07) is 9.43. The topological polar surface area (TPSA) is 52.9 Å². The van der Waals surface area contributed by atoms with Crippen LogP contribution in [-0.2, 0) is 11.2 Å². The van der Waals surface area contributed by atoms with Gasteiger partial charge in [0.2, 0.25) is 5.91 Å². The Hall–Kier alpha value is -1.89. The molecule has 1 aliphatic carbocycles. The zero-order valence-electron chi connectivity index (χ0n) is 14.7. The van der Waals surface area contributed by atoms with Gasteiger partial charge in [0.15, 0.2) is 0 Å². The first-order valence-electron chi connectivity index (χ1n) is 8.97. The summed E-state index contributed by atoms with van der Waals surface area (Å²) < 4.78 is 41.2. The third kappa shape index (κ3) is 3.37. The van der Waals surface area contributed by atoms with Crippen LogP contribution in [0.1, 0.15) is 44.6 Å². The number of rotatable bonds is 4. The van der Waals surface area contributed by atoms with Crippen LogP contribution in [0.5, 0.6) is 0 Å². The van der Waals surface area contributed by atoms with Gasteiger partial charge in [0, 0.05) is 12.1 Å². The number of amides is 1. The molecule has 1 aromatic rings. The van der Waals surface area contributed by atoms with Crippen LogP contribution in [0.2, 0.25) is 0 Å². The number of aryl methyl sites for hydroxylation is 1. The van der Waals surface area contributed by atoms with E-state index in [1.807, 2.05) is 37.3 Å². The average molecular weight is 368 g/mol. The van der Waals surface area contributed by atoms with E-state index >= 15 is 0 Å². The van der Waals surface area contributed by atoms with Gasteiger partial charge < -0.3 is 5.11 Å². The highest BCUT2D eigenvalue weighted by molar-refractivity contribution is 5.93. The van der Waals surface area contributed by atoms with E-state index in [4.69, 9.17) is 0 Å². The lowest BCUT2D eigenvalue weighted by atomic mass is 9.76. The van der Waals surface area contributed by atoms with Gasteiger partial charge >= 0.3 is 6.18 Å². The number of halogens is 3. The molecule has 3 rings (SSSR count). The Balaban J connectivity index is 1.74. The smallest absolute Gasteiger partial charge is 0.362 e. The molecule has 0 radical (unpaired) electrons. The van der Waals surface area contributed by atoms with Crippen molar-refractivity contribution in [3.05, 3.63) is 35.9 Å². The van der Waals surface area contributed by atoms with Gasteiger partial charge in [-0.25, -0.2) is 0 Å². The van der Waals surface area contributed by atoms with Gasteiger partial charge in [0.05, 0.1) is 5.92 Å². The van der Waals surface area contributed by atoms with E-state index in [2.05, 4.69) is 5.10 Å². The molecule has 1 fully saturated rings. The van der Waals surface area contributed by atoms with Crippen molar-refractivity contribution in [3.63, 3.8) is 0 Å². The third-order valence-corrected chi connectivity index (χ3v) is 5.32. The van der Waals surface area contributed by atoms with Crippen molar-refractivity contribution in [1.82, 2.24) is 5.01 Å². The van der Waals surface area contributed by atoms with Gasteiger partial charge in [0.25, 0.3) is 5.72 Å². The fourth-order valence-electron chi connectivity index (χ4n) is 3.85. The molecule has 1 saturated carbocycles. The fourth-order valence-corrected chi connectivity index (χ4v) is 3.85. The second-order valence-electron chi connectivity index (χ2n) is 7.29. The van der Waals surface area contributed by atoms with Crippen LogP contribution in [0.25, 0.3) is 0 Å². The number of hydrogen-bond acceptors (Lipinski definition) is 3. The molecule has 4 nitrogen and oxygen atoms in total. The zero-order valence-corrected chi connectivity index (χ0v) is 14.7. The van der Waals surface area contributed by atoms with Gasteiger partial charge in [0.1, 0.15) is 0 Å². The first-order valence-corrected chi connectivity index (χ1v) is 8.97. The molecule has 2 aliphatic rings. The molecule has 0 bridgehead atoms. The summed E-state index contributed by atoms with van der Waals surface area (Å²) in [7, 11) is 0. The second kappa shape index (κ2) is 7.02. The van der Waals surface area contributed by atoms with Gasteiger partial charge in [-0.2, -0.15) is 23.3 Å². The van der Waals surface area contributed by atoms with E-state index in [1.54, 1.807) is 0 Å². The van der Waals surface area contributed by atoms with E-state index in [-0.39, 0.29) is 18.8 Å². The van der Waals surface area contributed by atoms with Gasteiger partial charge in [-0.3, -0.25) is 4.79 Å². The predicted octanol–water partition coefficient (Wildman–Crippen LogP) is 3.89. The van der Waals surface area contributed by atoms with Gasteiger partial charge in [-0.05, 0) is 43.6 Å². The quantitative estimate of drug-likeness (QED) is 0.876. The van der Waals surface area contributed by atoms with Crippen LogP contribution < -0.4 is 0 Å². The molecule has 3 atom stereocenters. The first kappa shape index (κ1) is 18.9. The lowest BCUT2D eigenvalue weighted by Gasteiger charge is -2.39. The lowest BCUT2D eigenvalue weighted by Crippen LogP contribution is -2.61.